The number of nitrogens with one attached hydrogen (secondary N) is 2. The molecule has 0 saturated carbocycles. The number of likely N-dealkylation sites (tertiary alicyclic amines) is 1. The standard InChI is InChI=1S/C21H34N6O3.HI/c1-21(2,3)30-20(29)25-17-10-13-27(15-17)19(22-4)24-14-18(28)26(5)12-9-16-8-6-7-11-23-16;/h6-8,11,17H,9-10,12-15H2,1-5H3,(H,22,24)(H,25,29);1H. The maximum atomic E-state index is 12.4. The van der Waals surface area contributed by atoms with E-state index in [9.17, 15) is 9.59 Å². The molecule has 10 heteroatoms. The molecule has 1 aromatic rings. The molecule has 174 valence electrons. The average molecular weight is 546 g/mol. The number of pyridine rings is 1. The number of aliphatic imine (C=N–C) groups is 1. The number of likely N-dealkylation sites (N-methyl/N-ethyl adjacent to an activating group) is 1. The Labute approximate surface area is 202 Å². The molecule has 0 radical (unpaired) electrons. The third-order valence-corrected chi connectivity index (χ3v) is 4.67. The van der Waals surface area contributed by atoms with Crippen molar-refractivity contribution < 1.29 is 14.3 Å². The SMILES string of the molecule is CN=C(NCC(=O)N(C)CCc1ccccn1)N1CCC(NC(=O)OC(C)(C)C)C1.I. The van der Waals surface area contributed by atoms with Crippen molar-refractivity contribution in [1.29, 1.82) is 0 Å². The van der Waals surface area contributed by atoms with Crippen LogP contribution in [0.1, 0.15) is 32.9 Å². The molecule has 2 heterocycles. The van der Waals surface area contributed by atoms with E-state index in [1.807, 2.05) is 43.9 Å². The van der Waals surface area contributed by atoms with Crippen molar-refractivity contribution in [2.75, 3.05) is 40.3 Å². The fourth-order valence-electron chi connectivity index (χ4n) is 3.12. The van der Waals surface area contributed by atoms with E-state index in [-0.39, 0.29) is 42.5 Å². The smallest absolute Gasteiger partial charge is 0.407 e. The summed E-state index contributed by atoms with van der Waals surface area (Å²) < 4.78 is 5.31. The molecule has 2 rings (SSSR count). The first kappa shape index (κ1) is 26.9. The van der Waals surface area contributed by atoms with Crippen molar-refractivity contribution in [3.05, 3.63) is 30.1 Å². The van der Waals surface area contributed by atoms with Crippen LogP contribution in [-0.4, -0.2) is 84.7 Å². The Morgan fingerprint density at radius 2 is 2.10 bits per heavy atom. The molecule has 0 aliphatic carbocycles. The van der Waals surface area contributed by atoms with Crippen LogP contribution in [0, 0.1) is 0 Å². The van der Waals surface area contributed by atoms with Gasteiger partial charge < -0.3 is 25.2 Å². The summed E-state index contributed by atoms with van der Waals surface area (Å²) in [5, 5.41) is 6.02. The normalized spacial score (nSPS) is 16.4. The molecule has 2 amide bonds. The highest BCUT2D eigenvalue weighted by atomic mass is 127. The van der Waals surface area contributed by atoms with Gasteiger partial charge in [-0.2, -0.15) is 0 Å². The predicted molar refractivity (Wildman–Crippen MR) is 132 cm³/mol. The van der Waals surface area contributed by atoms with E-state index in [4.69, 9.17) is 4.74 Å². The Bertz CT molecular complexity index is 738. The van der Waals surface area contributed by atoms with Crippen LogP contribution in [0.3, 0.4) is 0 Å². The summed E-state index contributed by atoms with van der Waals surface area (Å²) in [5.41, 5.74) is 0.435. The molecule has 1 saturated heterocycles. The molecular weight excluding hydrogens is 511 g/mol. The molecule has 1 unspecified atom stereocenters. The number of halogens is 1. The molecule has 1 atom stereocenters. The Morgan fingerprint density at radius 1 is 1.35 bits per heavy atom. The molecule has 1 aromatic heterocycles. The van der Waals surface area contributed by atoms with Gasteiger partial charge >= 0.3 is 6.09 Å². The summed E-state index contributed by atoms with van der Waals surface area (Å²) >= 11 is 0. The molecule has 1 aliphatic heterocycles. The number of guanidine groups is 1. The van der Waals surface area contributed by atoms with Crippen LogP contribution >= 0.6 is 24.0 Å². The number of nitrogens with zero attached hydrogens (tertiary/aromatic N) is 4. The van der Waals surface area contributed by atoms with Crippen molar-refractivity contribution in [2.24, 2.45) is 4.99 Å². The molecule has 0 bridgehead atoms. The number of hydrogen-bond donors (Lipinski definition) is 2. The summed E-state index contributed by atoms with van der Waals surface area (Å²) in [6.07, 6.45) is 2.84. The first-order valence-electron chi connectivity index (χ1n) is 10.3. The fourth-order valence-corrected chi connectivity index (χ4v) is 3.12. The lowest BCUT2D eigenvalue weighted by Gasteiger charge is -2.24. The Morgan fingerprint density at radius 3 is 2.71 bits per heavy atom. The lowest BCUT2D eigenvalue weighted by atomic mass is 10.2. The molecule has 31 heavy (non-hydrogen) atoms. The zero-order valence-electron chi connectivity index (χ0n) is 19.1. The van der Waals surface area contributed by atoms with Crippen molar-refractivity contribution in [1.82, 2.24) is 25.4 Å². The summed E-state index contributed by atoms with van der Waals surface area (Å²) in [6.45, 7) is 7.62. The first-order chi connectivity index (χ1) is 14.2. The van der Waals surface area contributed by atoms with Gasteiger partial charge in [-0.05, 0) is 39.3 Å². The van der Waals surface area contributed by atoms with Crippen molar-refractivity contribution in [3.8, 4) is 0 Å². The molecule has 1 fully saturated rings. The van der Waals surface area contributed by atoms with Gasteiger partial charge in [-0.25, -0.2) is 4.79 Å². The number of rotatable bonds is 6. The average Bonchev–Trinajstić information content (AvgIpc) is 3.13. The van der Waals surface area contributed by atoms with Gasteiger partial charge in [0.2, 0.25) is 5.91 Å². The monoisotopic (exact) mass is 546 g/mol. The topological polar surface area (TPSA) is 99.2 Å². The Hall–Kier alpha value is -2.11. The van der Waals surface area contributed by atoms with Gasteiger partial charge in [0.05, 0.1) is 12.6 Å². The van der Waals surface area contributed by atoms with Gasteiger partial charge in [0.15, 0.2) is 5.96 Å². The number of alkyl carbamates (subject to hydrolysis) is 1. The van der Waals surface area contributed by atoms with Gasteiger partial charge in [-0.15, -0.1) is 24.0 Å². The number of hydrogen-bond acceptors (Lipinski definition) is 5. The van der Waals surface area contributed by atoms with E-state index < -0.39 is 11.7 Å². The first-order valence-corrected chi connectivity index (χ1v) is 10.3. The van der Waals surface area contributed by atoms with Crippen molar-refractivity contribution >= 4 is 41.9 Å². The number of carbonyl (C=O) groups excluding carboxylic acids is 2. The van der Waals surface area contributed by atoms with E-state index in [1.165, 1.54) is 0 Å². The van der Waals surface area contributed by atoms with E-state index in [1.54, 1.807) is 25.2 Å². The quantitative estimate of drug-likeness (QED) is 0.321. The number of carbonyl (C=O) groups is 2. The minimum atomic E-state index is -0.525. The molecule has 0 aromatic carbocycles. The molecule has 9 nitrogen and oxygen atoms in total. The van der Waals surface area contributed by atoms with E-state index in [0.717, 1.165) is 18.7 Å². The molecule has 0 spiro atoms. The van der Waals surface area contributed by atoms with Crippen LogP contribution in [-0.2, 0) is 16.0 Å². The predicted octanol–water partition coefficient (Wildman–Crippen LogP) is 1.87. The van der Waals surface area contributed by atoms with Crippen LogP contribution in [0.15, 0.2) is 29.4 Å². The number of ether oxygens (including phenoxy) is 1. The minimum Gasteiger partial charge on any atom is -0.444 e. The third-order valence-electron chi connectivity index (χ3n) is 4.67. The summed E-state index contributed by atoms with van der Waals surface area (Å²) in [7, 11) is 3.47. The van der Waals surface area contributed by atoms with Gasteiger partial charge in [0, 0.05) is 52.0 Å². The van der Waals surface area contributed by atoms with Crippen molar-refractivity contribution in [2.45, 2.75) is 45.3 Å². The molecule has 1 aliphatic rings. The summed E-state index contributed by atoms with van der Waals surface area (Å²) in [5.74, 6) is 0.629. The zero-order chi connectivity index (χ0) is 22.1. The fraction of sp³-hybridized carbons (Fsp3) is 0.619. The zero-order valence-corrected chi connectivity index (χ0v) is 21.4. The second-order valence-electron chi connectivity index (χ2n) is 8.36. The van der Waals surface area contributed by atoms with Crippen LogP contribution in [0.25, 0.3) is 0 Å². The number of aromatic nitrogens is 1. The van der Waals surface area contributed by atoms with E-state index in [0.29, 0.717) is 25.5 Å². The molecule has 2 N–H and O–H groups in total. The second kappa shape index (κ2) is 12.7. The van der Waals surface area contributed by atoms with Gasteiger partial charge in [-0.3, -0.25) is 14.8 Å². The van der Waals surface area contributed by atoms with Crippen molar-refractivity contribution in [3.63, 3.8) is 0 Å². The lowest BCUT2D eigenvalue weighted by Crippen LogP contribution is -2.47. The second-order valence-corrected chi connectivity index (χ2v) is 8.36. The van der Waals surface area contributed by atoms with Crippen LogP contribution in [0.5, 0.6) is 0 Å². The van der Waals surface area contributed by atoms with Gasteiger partial charge in [0.25, 0.3) is 0 Å². The van der Waals surface area contributed by atoms with Crippen LogP contribution in [0.4, 0.5) is 4.79 Å². The van der Waals surface area contributed by atoms with Crippen LogP contribution in [0.2, 0.25) is 0 Å². The van der Waals surface area contributed by atoms with Crippen LogP contribution < -0.4 is 10.6 Å². The Balaban J connectivity index is 0.00000480. The summed E-state index contributed by atoms with van der Waals surface area (Å²) in [6, 6.07) is 5.75. The third kappa shape index (κ3) is 9.70. The largest absolute Gasteiger partial charge is 0.444 e. The summed E-state index contributed by atoms with van der Waals surface area (Å²) in [4.78, 5) is 36.7. The van der Waals surface area contributed by atoms with E-state index >= 15 is 0 Å². The highest BCUT2D eigenvalue weighted by Gasteiger charge is 2.28. The Kier molecular flexibility index (Phi) is 11.0. The maximum absolute atomic E-state index is 12.4. The minimum absolute atomic E-state index is 0. The highest BCUT2D eigenvalue weighted by molar-refractivity contribution is 14.0. The molecular formula is C21H35IN6O3. The van der Waals surface area contributed by atoms with Gasteiger partial charge in [-0.1, -0.05) is 6.07 Å². The van der Waals surface area contributed by atoms with Gasteiger partial charge in [0.1, 0.15) is 5.60 Å². The van der Waals surface area contributed by atoms with E-state index in [2.05, 4.69) is 20.6 Å². The maximum Gasteiger partial charge on any atom is 0.407 e. The lowest BCUT2D eigenvalue weighted by molar-refractivity contribution is -0.128. The number of amides is 2. The highest BCUT2D eigenvalue weighted by Crippen LogP contribution is 2.12.